The highest BCUT2D eigenvalue weighted by Gasteiger charge is 2.22. The Bertz CT molecular complexity index is 918. The summed E-state index contributed by atoms with van der Waals surface area (Å²) < 4.78 is 30.4. The maximum Gasteiger partial charge on any atom is 0.165 e. The molecule has 116 valence electrons. The third-order valence-electron chi connectivity index (χ3n) is 4.22. The van der Waals surface area contributed by atoms with Crippen LogP contribution in [0.2, 0.25) is 0 Å². The highest BCUT2D eigenvalue weighted by atomic mass is 19.1. The summed E-state index contributed by atoms with van der Waals surface area (Å²) in [5.41, 5.74) is 2.66. The number of hydrogen-bond donors (Lipinski definition) is 0. The maximum absolute atomic E-state index is 14.1. The predicted molar refractivity (Wildman–Crippen MR) is 86.8 cm³/mol. The van der Waals surface area contributed by atoms with Crippen LogP contribution in [0.15, 0.2) is 42.5 Å². The van der Waals surface area contributed by atoms with Crippen molar-refractivity contribution in [2.24, 2.45) is 0 Å². The second-order valence-electron chi connectivity index (χ2n) is 5.46. The normalized spacial score (nSPS) is 12.3. The first-order valence-electron chi connectivity index (χ1n) is 7.31. The Labute approximate surface area is 133 Å². The lowest BCUT2D eigenvalue weighted by molar-refractivity contribution is 0.304. The van der Waals surface area contributed by atoms with Crippen LogP contribution in [-0.4, -0.2) is 14.2 Å². The van der Waals surface area contributed by atoms with Gasteiger partial charge in [0.1, 0.15) is 18.1 Å². The molecule has 0 saturated carbocycles. The van der Waals surface area contributed by atoms with E-state index in [1.165, 1.54) is 13.2 Å². The van der Waals surface area contributed by atoms with Crippen molar-refractivity contribution in [2.45, 2.75) is 6.61 Å². The number of ether oxygens (including phenoxy) is 3. The van der Waals surface area contributed by atoms with Gasteiger partial charge in [-0.1, -0.05) is 6.07 Å². The summed E-state index contributed by atoms with van der Waals surface area (Å²) in [7, 11) is 3.10. The molecular weight excluding hydrogens is 295 g/mol. The molecule has 0 saturated heterocycles. The van der Waals surface area contributed by atoms with Crippen LogP contribution in [0.1, 0.15) is 5.56 Å². The first-order valence-corrected chi connectivity index (χ1v) is 7.31. The number of methoxy groups -OCH3 is 2. The molecule has 1 aliphatic heterocycles. The van der Waals surface area contributed by atoms with E-state index in [1.807, 2.05) is 30.3 Å². The topological polar surface area (TPSA) is 27.7 Å². The summed E-state index contributed by atoms with van der Waals surface area (Å²) >= 11 is 0. The van der Waals surface area contributed by atoms with Gasteiger partial charge in [0.2, 0.25) is 0 Å². The van der Waals surface area contributed by atoms with Gasteiger partial charge >= 0.3 is 0 Å². The Morgan fingerprint density at radius 1 is 0.957 bits per heavy atom. The third-order valence-corrected chi connectivity index (χ3v) is 4.22. The minimum Gasteiger partial charge on any atom is -0.497 e. The molecule has 0 amide bonds. The summed E-state index contributed by atoms with van der Waals surface area (Å²) in [5, 5.41) is 2.02. The Hall–Kier alpha value is -2.75. The van der Waals surface area contributed by atoms with Gasteiger partial charge in [0, 0.05) is 16.5 Å². The quantitative estimate of drug-likeness (QED) is 0.694. The van der Waals surface area contributed by atoms with Gasteiger partial charge in [0.05, 0.1) is 14.2 Å². The fourth-order valence-electron chi connectivity index (χ4n) is 3.05. The SMILES string of the molecule is COc1ccc2c3c(ccc2c1)-c1cc(F)c(OC)cc1CO3. The lowest BCUT2D eigenvalue weighted by Crippen LogP contribution is -2.07. The van der Waals surface area contributed by atoms with Crippen LogP contribution < -0.4 is 14.2 Å². The number of fused-ring (bicyclic) bond motifs is 5. The largest absolute Gasteiger partial charge is 0.497 e. The number of benzene rings is 3. The van der Waals surface area contributed by atoms with Gasteiger partial charge in [-0.3, -0.25) is 0 Å². The predicted octanol–water partition coefficient (Wildman–Crippen LogP) is 4.56. The molecule has 0 bridgehead atoms. The Morgan fingerprint density at radius 3 is 2.61 bits per heavy atom. The van der Waals surface area contributed by atoms with Crippen molar-refractivity contribution < 1.29 is 18.6 Å². The van der Waals surface area contributed by atoms with Crippen LogP contribution in [-0.2, 0) is 6.61 Å². The average Bonchev–Trinajstić information content (AvgIpc) is 2.60. The highest BCUT2D eigenvalue weighted by Crippen LogP contribution is 2.44. The van der Waals surface area contributed by atoms with Crippen molar-refractivity contribution in [1.82, 2.24) is 0 Å². The van der Waals surface area contributed by atoms with Crippen LogP contribution in [0, 0.1) is 5.82 Å². The molecular formula is C19H15FO3. The van der Waals surface area contributed by atoms with Gasteiger partial charge in [-0.15, -0.1) is 0 Å². The molecule has 3 aromatic rings. The smallest absolute Gasteiger partial charge is 0.165 e. The van der Waals surface area contributed by atoms with Crippen molar-refractivity contribution in [3.05, 3.63) is 53.8 Å². The molecule has 0 N–H and O–H groups in total. The summed E-state index contributed by atoms with van der Waals surface area (Å²) in [6, 6.07) is 13.0. The molecule has 4 heteroatoms. The molecule has 0 aromatic heterocycles. The van der Waals surface area contributed by atoms with Crippen LogP contribution >= 0.6 is 0 Å². The van der Waals surface area contributed by atoms with E-state index in [0.717, 1.165) is 39.0 Å². The molecule has 0 aliphatic carbocycles. The van der Waals surface area contributed by atoms with E-state index >= 15 is 0 Å². The minimum atomic E-state index is -0.367. The number of halogens is 1. The minimum absolute atomic E-state index is 0.237. The molecule has 3 nitrogen and oxygen atoms in total. The van der Waals surface area contributed by atoms with E-state index in [-0.39, 0.29) is 11.6 Å². The summed E-state index contributed by atoms with van der Waals surface area (Å²) in [4.78, 5) is 0. The zero-order valence-corrected chi connectivity index (χ0v) is 12.9. The van der Waals surface area contributed by atoms with Crippen molar-refractivity contribution >= 4 is 10.8 Å². The summed E-state index contributed by atoms with van der Waals surface area (Å²) in [6.07, 6.45) is 0. The van der Waals surface area contributed by atoms with Crippen molar-refractivity contribution in [1.29, 1.82) is 0 Å². The fraction of sp³-hybridized carbons (Fsp3) is 0.158. The van der Waals surface area contributed by atoms with E-state index in [1.54, 1.807) is 13.2 Å². The first kappa shape index (κ1) is 13.9. The zero-order valence-electron chi connectivity index (χ0n) is 12.9. The molecule has 0 unspecified atom stereocenters. The molecule has 0 atom stereocenters. The van der Waals surface area contributed by atoms with Gasteiger partial charge in [-0.2, -0.15) is 0 Å². The Kier molecular flexibility index (Phi) is 3.11. The first-order chi connectivity index (χ1) is 11.2. The fourth-order valence-corrected chi connectivity index (χ4v) is 3.05. The van der Waals surface area contributed by atoms with Gasteiger partial charge in [0.25, 0.3) is 0 Å². The molecule has 4 rings (SSSR count). The van der Waals surface area contributed by atoms with Crippen LogP contribution in [0.5, 0.6) is 17.2 Å². The van der Waals surface area contributed by atoms with E-state index in [2.05, 4.69) is 0 Å². The zero-order chi connectivity index (χ0) is 16.0. The number of hydrogen-bond acceptors (Lipinski definition) is 3. The lowest BCUT2D eigenvalue weighted by atomic mass is 9.93. The molecule has 0 radical (unpaired) electrons. The Morgan fingerprint density at radius 2 is 1.83 bits per heavy atom. The molecule has 23 heavy (non-hydrogen) atoms. The maximum atomic E-state index is 14.1. The van der Waals surface area contributed by atoms with Crippen LogP contribution in [0.25, 0.3) is 21.9 Å². The highest BCUT2D eigenvalue weighted by molar-refractivity contribution is 5.97. The van der Waals surface area contributed by atoms with Crippen molar-refractivity contribution in [3.63, 3.8) is 0 Å². The van der Waals surface area contributed by atoms with Gasteiger partial charge in [0.15, 0.2) is 11.6 Å². The second-order valence-corrected chi connectivity index (χ2v) is 5.46. The van der Waals surface area contributed by atoms with E-state index in [0.29, 0.717) is 6.61 Å². The summed E-state index contributed by atoms with van der Waals surface area (Å²) in [6.45, 7) is 0.393. The molecule has 0 fully saturated rings. The Balaban J connectivity index is 1.95. The molecule has 1 heterocycles. The standard InChI is InChI=1S/C19H15FO3/c1-21-13-4-6-14-11(7-13)3-5-15-16-9-17(20)18(22-2)8-12(16)10-23-19(14)15/h3-9H,10H2,1-2H3. The average molecular weight is 310 g/mol. The van der Waals surface area contributed by atoms with Crippen LogP contribution in [0.4, 0.5) is 4.39 Å². The molecule has 0 spiro atoms. The van der Waals surface area contributed by atoms with E-state index in [4.69, 9.17) is 14.2 Å². The number of rotatable bonds is 2. The van der Waals surface area contributed by atoms with Gasteiger partial charge in [-0.25, -0.2) is 4.39 Å². The van der Waals surface area contributed by atoms with E-state index < -0.39 is 0 Å². The van der Waals surface area contributed by atoms with Crippen LogP contribution in [0.3, 0.4) is 0 Å². The van der Waals surface area contributed by atoms with Gasteiger partial charge < -0.3 is 14.2 Å². The molecule has 1 aliphatic rings. The lowest BCUT2D eigenvalue weighted by Gasteiger charge is -2.23. The van der Waals surface area contributed by atoms with Gasteiger partial charge in [-0.05, 0) is 47.3 Å². The molecule has 3 aromatic carbocycles. The third kappa shape index (κ3) is 2.10. The summed E-state index contributed by atoms with van der Waals surface area (Å²) in [5.74, 6) is 1.45. The monoisotopic (exact) mass is 310 g/mol. The van der Waals surface area contributed by atoms with Crippen molar-refractivity contribution in [3.8, 4) is 28.4 Å². The van der Waals surface area contributed by atoms with Crippen molar-refractivity contribution in [2.75, 3.05) is 14.2 Å². The second kappa shape index (κ2) is 5.16. The van der Waals surface area contributed by atoms with E-state index in [9.17, 15) is 4.39 Å².